The van der Waals surface area contributed by atoms with Crippen molar-refractivity contribution in [3.63, 3.8) is 0 Å². The van der Waals surface area contributed by atoms with Gasteiger partial charge in [-0.1, -0.05) is 61.9 Å². The third-order valence-electron chi connectivity index (χ3n) is 4.73. The summed E-state index contributed by atoms with van der Waals surface area (Å²) in [5, 5.41) is 2.57. The van der Waals surface area contributed by atoms with Gasteiger partial charge in [0.05, 0.1) is 19.1 Å². The molecule has 1 heterocycles. The zero-order valence-corrected chi connectivity index (χ0v) is 14.0. The summed E-state index contributed by atoms with van der Waals surface area (Å²) in [5.41, 5.74) is 2.52. The number of fused-ring (bicyclic) bond motifs is 2. The van der Waals surface area contributed by atoms with E-state index in [2.05, 4.69) is 55.5 Å². The van der Waals surface area contributed by atoms with Gasteiger partial charge in [-0.25, -0.2) is 0 Å². The van der Waals surface area contributed by atoms with Gasteiger partial charge in [0.1, 0.15) is 11.5 Å². The minimum Gasteiger partial charge on any atom is -0.493 e. The normalized spacial score (nSPS) is 16.0. The molecule has 4 rings (SSSR count). The van der Waals surface area contributed by atoms with Crippen LogP contribution in [0.15, 0.2) is 60.7 Å². The standard InChI is InChI=1S/C22H22O2/c1-2-3-14-23-20-12-7-13-21-22(20)19(15-24-21)18-11-6-9-16-8-4-5-10-17(16)18/h4-13,19H,2-3,14-15H2,1H3. The summed E-state index contributed by atoms with van der Waals surface area (Å²) in [7, 11) is 0. The van der Waals surface area contributed by atoms with Gasteiger partial charge < -0.3 is 9.47 Å². The average Bonchev–Trinajstić information content (AvgIpc) is 3.06. The Hall–Kier alpha value is -2.48. The van der Waals surface area contributed by atoms with Crippen LogP contribution in [-0.2, 0) is 0 Å². The van der Waals surface area contributed by atoms with E-state index in [1.54, 1.807) is 0 Å². The summed E-state index contributed by atoms with van der Waals surface area (Å²) in [6.45, 7) is 3.62. The van der Waals surface area contributed by atoms with Crippen LogP contribution in [0.5, 0.6) is 11.5 Å². The summed E-state index contributed by atoms with van der Waals surface area (Å²) >= 11 is 0. The maximum atomic E-state index is 6.07. The summed E-state index contributed by atoms with van der Waals surface area (Å²) in [6.07, 6.45) is 2.21. The zero-order valence-electron chi connectivity index (χ0n) is 14.0. The second kappa shape index (κ2) is 6.56. The second-order valence-corrected chi connectivity index (χ2v) is 6.30. The first-order chi connectivity index (χ1) is 11.9. The van der Waals surface area contributed by atoms with E-state index in [-0.39, 0.29) is 5.92 Å². The van der Waals surface area contributed by atoms with Crippen molar-refractivity contribution in [2.45, 2.75) is 25.7 Å². The number of rotatable bonds is 5. The van der Waals surface area contributed by atoms with E-state index in [0.29, 0.717) is 6.61 Å². The topological polar surface area (TPSA) is 18.5 Å². The molecule has 3 aromatic rings. The first kappa shape index (κ1) is 15.1. The fourth-order valence-corrected chi connectivity index (χ4v) is 3.50. The quantitative estimate of drug-likeness (QED) is 0.575. The monoisotopic (exact) mass is 318 g/mol. The zero-order chi connectivity index (χ0) is 16.4. The van der Waals surface area contributed by atoms with Crippen molar-refractivity contribution in [1.29, 1.82) is 0 Å². The molecular formula is C22H22O2. The summed E-state index contributed by atoms with van der Waals surface area (Å²) in [6, 6.07) is 21.2. The molecule has 0 amide bonds. The maximum Gasteiger partial charge on any atom is 0.126 e. The summed E-state index contributed by atoms with van der Waals surface area (Å²) < 4.78 is 12.1. The van der Waals surface area contributed by atoms with Gasteiger partial charge >= 0.3 is 0 Å². The summed E-state index contributed by atoms with van der Waals surface area (Å²) in [5.74, 6) is 2.15. The molecular weight excluding hydrogens is 296 g/mol. The highest BCUT2D eigenvalue weighted by Gasteiger charge is 2.30. The third kappa shape index (κ3) is 2.62. The molecule has 0 N–H and O–H groups in total. The van der Waals surface area contributed by atoms with E-state index in [9.17, 15) is 0 Å². The Kier molecular flexibility index (Phi) is 4.12. The van der Waals surface area contributed by atoms with Gasteiger partial charge in [-0.2, -0.15) is 0 Å². The number of hydrogen-bond donors (Lipinski definition) is 0. The number of hydrogen-bond acceptors (Lipinski definition) is 2. The Balaban J connectivity index is 1.77. The lowest BCUT2D eigenvalue weighted by Gasteiger charge is -2.16. The van der Waals surface area contributed by atoms with Crippen LogP contribution in [0.4, 0.5) is 0 Å². The lowest BCUT2D eigenvalue weighted by Crippen LogP contribution is -2.06. The number of ether oxygens (including phenoxy) is 2. The molecule has 0 fully saturated rings. The molecule has 2 nitrogen and oxygen atoms in total. The predicted octanol–water partition coefficient (Wildman–Crippen LogP) is 5.54. The molecule has 1 aliphatic rings. The van der Waals surface area contributed by atoms with E-state index in [0.717, 1.165) is 30.9 Å². The Bertz CT molecular complexity index is 848. The van der Waals surface area contributed by atoms with Crippen molar-refractivity contribution in [3.8, 4) is 11.5 Å². The van der Waals surface area contributed by atoms with Gasteiger partial charge in [0.2, 0.25) is 0 Å². The largest absolute Gasteiger partial charge is 0.493 e. The molecule has 24 heavy (non-hydrogen) atoms. The lowest BCUT2D eigenvalue weighted by atomic mass is 9.89. The molecule has 0 radical (unpaired) electrons. The van der Waals surface area contributed by atoms with Crippen LogP contribution in [0.2, 0.25) is 0 Å². The fourth-order valence-electron chi connectivity index (χ4n) is 3.50. The molecule has 0 aromatic heterocycles. The molecule has 0 aliphatic carbocycles. The molecule has 0 spiro atoms. The van der Waals surface area contributed by atoms with Crippen molar-refractivity contribution >= 4 is 10.8 Å². The number of benzene rings is 3. The van der Waals surface area contributed by atoms with Crippen molar-refractivity contribution in [2.24, 2.45) is 0 Å². The smallest absolute Gasteiger partial charge is 0.126 e. The van der Waals surface area contributed by atoms with Crippen LogP contribution < -0.4 is 9.47 Å². The van der Waals surface area contributed by atoms with E-state index < -0.39 is 0 Å². The molecule has 0 saturated carbocycles. The predicted molar refractivity (Wildman–Crippen MR) is 98.1 cm³/mol. The van der Waals surface area contributed by atoms with E-state index in [4.69, 9.17) is 9.47 Å². The SMILES string of the molecule is CCCCOc1cccc2c1C(c1cccc3ccccc13)CO2. The molecule has 2 heteroatoms. The van der Waals surface area contributed by atoms with Crippen molar-refractivity contribution < 1.29 is 9.47 Å². The Morgan fingerprint density at radius 3 is 2.75 bits per heavy atom. The minimum atomic E-state index is 0.226. The van der Waals surface area contributed by atoms with Crippen LogP contribution in [0.3, 0.4) is 0 Å². The van der Waals surface area contributed by atoms with Gasteiger partial charge in [-0.15, -0.1) is 0 Å². The minimum absolute atomic E-state index is 0.226. The molecule has 122 valence electrons. The van der Waals surface area contributed by atoms with Gasteiger partial charge in [0.25, 0.3) is 0 Å². The van der Waals surface area contributed by atoms with Crippen LogP contribution >= 0.6 is 0 Å². The van der Waals surface area contributed by atoms with Crippen LogP contribution in [0, 0.1) is 0 Å². The molecule has 1 aliphatic heterocycles. The lowest BCUT2D eigenvalue weighted by molar-refractivity contribution is 0.306. The Labute approximate surface area is 143 Å². The highest BCUT2D eigenvalue weighted by atomic mass is 16.5. The van der Waals surface area contributed by atoms with E-state index in [1.165, 1.54) is 21.9 Å². The van der Waals surface area contributed by atoms with E-state index >= 15 is 0 Å². The first-order valence-electron chi connectivity index (χ1n) is 8.74. The number of unbranched alkanes of at least 4 members (excludes halogenated alkanes) is 1. The molecule has 3 aromatic carbocycles. The highest BCUT2D eigenvalue weighted by molar-refractivity contribution is 5.87. The van der Waals surface area contributed by atoms with Crippen molar-refractivity contribution in [1.82, 2.24) is 0 Å². The first-order valence-corrected chi connectivity index (χ1v) is 8.74. The molecule has 1 atom stereocenters. The highest BCUT2D eigenvalue weighted by Crippen LogP contribution is 2.45. The van der Waals surface area contributed by atoms with Gasteiger partial charge in [-0.05, 0) is 34.9 Å². The molecule has 1 unspecified atom stereocenters. The Morgan fingerprint density at radius 2 is 1.83 bits per heavy atom. The third-order valence-corrected chi connectivity index (χ3v) is 4.73. The van der Waals surface area contributed by atoms with Crippen LogP contribution in [0.25, 0.3) is 10.8 Å². The van der Waals surface area contributed by atoms with Crippen LogP contribution in [-0.4, -0.2) is 13.2 Å². The van der Waals surface area contributed by atoms with E-state index in [1.807, 2.05) is 12.1 Å². The van der Waals surface area contributed by atoms with Gasteiger partial charge in [0.15, 0.2) is 0 Å². The van der Waals surface area contributed by atoms with Crippen molar-refractivity contribution in [3.05, 3.63) is 71.8 Å². The average molecular weight is 318 g/mol. The second-order valence-electron chi connectivity index (χ2n) is 6.30. The van der Waals surface area contributed by atoms with Crippen molar-refractivity contribution in [2.75, 3.05) is 13.2 Å². The van der Waals surface area contributed by atoms with Gasteiger partial charge in [-0.3, -0.25) is 0 Å². The summed E-state index contributed by atoms with van der Waals surface area (Å²) in [4.78, 5) is 0. The Morgan fingerprint density at radius 1 is 1.00 bits per heavy atom. The molecule has 0 bridgehead atoms. The fraction of sp³-hybridized carbons (Fsp3) is 0.273. The molecule has 0 saturated heterocycles. The van der Waals surface area contributed by atoms with Crippen LogP contribution in [0.1, 0.15) is 36.8 Å². The van der Waals surface area contributed by atoms with Gasteiger partial charge in [0, 0.05) is 5.56 Å². The maximum absolute atomic E-state index is 6.07.